The standard InChI is InChI=1S/C13H21N5S/c1-8(2)18-13(12(14)9(3)17-18)15-6-5-11-7-19-10(4)16-11/h7-8,15H,5-6,14H2,1-4H3. The number of nitrogens with two attached hydrogens (primary N) is 1. The van der Waals surface area contributed by atoms with E-state index in [0.717, 1.165) is 40.9 Å². The van der Waals surface area contributed by atoms with Crippen molar-refractivity contribution in [1.82, 2.24) is 14.8 Å². The molecule has 0 unspecified atom stereocenters. The molecule has 2 rings (SSSR count). The molecule has 2 aromatic rings. The molecule has 0 radical (unpaired) electrons. The minimum absolute atomic E-state index is 0.292. The van der Waals surface area contributed by atoms with Crippen LogP contribution < -0.4 is 11.1 Å². The van der Waals surface area contributed by atoms with Gasteiger partial charge in [0.1, 0.15) is 5.82 Å². The van der Waals surface area contributed by atoms with Gasteiger partial charge in [-0.1, -0.05) is 0 Å². The summed E-state index contributed by atoms with van der Waals surface area (Å²) in [6.07, 6.45) is 0.895. The molecule has 0 aromatic carbocycles. The summed E-state index contributed by atoms with van der Waals surface area (Å²) in [5, 5.41) is 11.0. The van der Waals surface area contributed by atoms with Crippen LogP contribution in [0.15, 0.2) is 5.38 Å². The second-order valence-electron chi connectivity index (χ2n) is 4.92. The highest BCUT2D eigenvalue weighted by molar-refractivity contribution is 7.09. The third-order valence-electron chi connectivity index (χ3n) is 2.96. The van der Waals surface area contributed by atoms with E-state index in [0.29, 0.717) is 6.04 Å². The number of aromatic nitrogens is 3. The third kappa shape index (κ3) is 3.07. The summed E-state index contributed by atoms with van der Waals surface area (Å²) in [6, 6.07) is 0.292. The zero-order valence-electron chi connectivity index (χ0n) is 11.9. The predicted molar refractivity (Wildman–Crippen MR) is 80.8 cm³/mol. The Balaban J connectivity index is 2.03. The summed E-state index contributed by atoms with van der Waals surface area (Å²) in [5.41, 5.74) is 8.81. The summed E-state index contributed by atoms with van der Waals surface area (Å²) in [5.74, 6) is 0.916. The number of rotatable bonds is 5. The van der Waals surface area contributed by atoms with Crippen molar-refractivity contribution < 1.29 is 0 Å². The van der Waals surface area contributed by atoms with Crippen molar-refractivity contribution in [3.05, 3.63) is 21.8 Å². The number of aryl methyl sites for hydroxylation is 2. The SMILES string of the molecule is Cc1nc(CCNc2c(N)c(C)nn2C(C)C)cs1. The molecule has 0 bridgehead atoms. The smallest absolute Gasteiger partial charge is 0.148 e. The van der Waals surface area contributed by atoms with Gasteiger partial charge < -0.3 is 11.1 Å². The maximum atomic E-state index is 6.07. The Morgan fingerprint density at radius 2 is 2.16 bits per heavy atom. The van der Waals surface area contributed by atoms with Crippen molar-refractivity contribution in [1.29, 1.82) is 0 Å². The van der Waals surface area contributed by atoms with Crippen molar-refractivity contribution in [3.8, 4) is 0 Å². The van der Waals surface area contributed by atoms with Gasteiger partial charge in [0.05, 0.1) is 22.1 Å². The van der Waals surface area contributed by atoms with E-state index in [1.54, 1.807) is 11.3 Å². The molecule has 2 heterocycles. The highest BCUT2D eigenvalue weighted by Crippen LogP contribution is 2.25. The van der Waals surface area contributed by atoms with Crippen molar-refractivity contribution in [3.63, 3.8) is 0 Å². The largest absolute Gasteiger partial charge is 0.394 e. The van der Waals surface area contributed by atoms with Gasteiger partial charge >= 0.3 is 0 Å². The van der Waals surface area contributed by atoms with Crippen LogP contribution in [0.3, 0.4) is 0 Å². The molecule has 0 aliphatic carbocycles. The van der Waals surface area contributed by atoms with E-state index in [4.69, 9.17) is 5.73 Å². The molecule has 104 valence electrons. The van der Waals surface area contributed by atoms with E-state index in [1.165, 1.54) is 0 Å². The molecule has 0 spiro atoms. The van der Waals surface area contributed by atoms with E-state index in [-0.39, 0.29) is 0 Å². The van der Waals surface area contributed by atoms with Crippen LogP contribution >= 0.6 is 11.3 Å². The second-order valence-corrected chi connectivity index (χ2v) is 5.98. The molecule has 19 heavy (non-hydrogen) atoms. The fourth-order valence-electron chi connectivity index (χ4n) is 1.94. The summed E-state index contributed by atoms with van der Waals surface area (Å²) in [7, 11) is 0. The first-order chi connectivity index (χ1) is 8.99. The average Bonchev–Trinajstić information content (AvgIpc) is 2.87. The monoisotopic (exact) mass is 279 g/mol. The molecule has 0 atom stereocenters. The number of nitrogens with one attached hydrogen (secondary N) is 1. The minimum Gasteiger partial charge on any atom is -0.394 e. The third-order valence-corrected chi connectivity index (χ3v) is 3.78. The lowest BCUT2D eigenvalue weighted by molar-refractivity contribution is 0.534. The van der Waals surface area contributed by atoms with Gasteiger partial charge in [-0.25, -0.2) is 9.67 Å². The summed E-state index contributed by atoms with van der Waals surface area (Å²) in [4.78, 5) is 4.45. The lowest BCUT2D eigenvalue weighted by atomic mass is 10.3. The number of hydrogen-bond donors (Lipinski definition) is 2. The lowest BCUT2D eigenvalue weighted by Crippen LogP contribution is -2.13. The number of thiazole rings is 1. The minimum atomic E-state index is 0.292. The maximum absolute atomic E-state index is 6.07. The highest BCUT2D eigenvalue weighted by atomic mass is 32.1. The van der Waals surface area contributed by atoms with Crippen LogP contribution in [0.1, 0.15) is 36.3 Å². The van der Waals surface area contributed by atoms with E-state index in [9.17, 15) is 0 Å². The Labute approximate surface area is 117 Å². The van der Waals surface area contributed by atoms with Crippen LogP contribution in [0.25, 0.3) is 0 Å². The molecule has 0 aliphatic rings. The number of nitrogens with zero attached hydrogens (tertiary/aromatic N) is 3. The number of nitrogen functional groups attached to an aromatic ring is 1. The molecule has 5 nitrogen and oxygen atoms in total. The van der Waals surface area contributed by atoms with E-state index < -0.39 is 0 Å². The van der Waals surface area contributed by atoms with Gasteiger partial charge in [-0.05, 0) is 27.7 Å². The van der Waals surface area contributed by atoms with Crippen LogP contribution in [0.2, 0.25) is 0 Å². The first-order valence-electron chi connectivity index (χ1n) is 6.48. The molecule has 0 amide bonds. The summed E-state index contributed by atoms with van der Waals surface area (Å²) >= 11 is 1.68. The zero-order chi connectivity index (χ0) is 14.0. The van der Waals surface area contributed by atoms with Gasteiger partial charge in [-0.2, -0.15) is 5.10 Å². The van der Waals surface area contributed by atoms with Crippen molar-refractivity contribution in [2.75, 3.05) is 17.6 Å². The van der Waals surface area contributed by atoms with Crippen LogP contribution in [0.5, 0.6) is 0 Å². The van der Waals surface area contributed by atoms with E-state index in [1.807, 2.05) is 18.5 Å². The van der Waals surface area contributed by atoms with Crippen LogP contribution in [-0.2, 0) is 6.42 Å². The molecule has 0 saturated carbocycles. The topological polar surface area (TPSA) is 68.8 Å². The van der Waals surface area contributed by atoms with Gasteiger partial charge in [0.2, 0.25) is 0 Å². The van der Waals surface area contributed by atoms with E-state index in [2.05, 4.69) is 34.6 Å². The van der Waals surface area contributed by atoms with Crippen molar-refractivity contribution in [2.45, 2.75) is 40.2 Å². The van der Waals surface area contributed by atoms with Gasteiger partial charge in [-0.3, -0.25) is 0 Å². The second kappa shape index (κ2) is 5.61. The number of hydrogen-bond acceptors (Lipinski definition) is 5. The first kappa shape index (κ1) is 13.9. The Hall–Kier alpha value is -1.56. The Morgan fingerprint density at radius 3 is 2.74 bits per heavy atom. The Kier molecular flexibility index (Phi) is 4.09. The van der Waals surface area contributed by atoms with Gasteiger partial charge in [-0.15, -0.1) is 11.3 Å². The van der Waals surface area contributed by atoms with Gasteiger partial charge in [0.15, 0.2) is 0 Å². The van der Waals surface area contributed by atoms with Crippen LogP contribution in [0, 0.1) is 13.8 Å². The van der Waals surface area contributed by atoms with Gasteiger partial charge in [0.25, 0.3) is 0 Å². The lowest BCUT2D eigenvalue weighted by Gasteiger charge is -2.12. The first-order valence-corrected chi connectivity index (χ1v) is 7.36. The van der Waals surface area contributed by atoms with Crippen molar-refractivity contribution in [2.24, 2.45) is 0 Å². The molecule has 6 heteroatoms. The molecule has 3 N–H and O–H groups in total. The summed E-state index contributed by atoms with van der Waals surface area (Å²) < 4.78 is 1.94. The maximum Gasteiger partial charge on any atom is 0.148 e. The molecule has 0 fully saturated rings. The van der Waals surface area contributed by atoms with Gasteiger partial charge in [0, 0.05) is 24.4 Å². The predicted octanol–water partition coefficient (Wildman–Crippen LogP) is 2.77. The quantitative estimate of drug-likeness (QED) is 0.883. The zero-order valence-corrected chi connectivity index (χ0v) is 12.7. The fourth-order valence-corrected chi connectivity index (χ4v) is 2.59. The molecular formula is C13H21N5S. The normalized spacial score (nSPS) is 11.2. The molecule has 0 aliphatic heterocycles. The molecule has 0 saturated heterocycles. The Morgan fingerprint density at radius 1 is 1.42 bits per heavy atom. The van der Waals surface area contributed by atoms with Crippen molar-refractivity contribution >= 4 is 22.8 Å². The Bertz CT molecular complexity index is 555. The molecule has 2 aromatic heterocycles. The van der Waals surface area contributed by atoms with E-state index >= 15 is 0 Å². The van der Waals surface area contributed by atoms with Crippen LogP contribution in [0.4, 0.5) is 11.5 Å². The highest BCUT2D eigenvalue weighted by Gasteiger charge is 2.14. The fraction of sp³-hybridized carbons (Fsp3) is 0.538. The van der Waals surface area contributed by atoms with Crippen LogP contribution in [-0.4, -0.2) is 21.3 Å². The summed E-state index contributed by atoms with van der Waals surface area (Å²) in [6.45, 7) is 8.97. The molecular weight excluding hydrogens is 258 g/mol. The number of anilines is 2. The average molecular weight is 279 g/mol.